The van der Waals surface area contributed by atoms with Crippen LogP contribution in [0.1, 0.15) is 31.9 Å². The number of allylic oxidation sites excluding steroid dienone is 1. The van der Waals surface area contributed by atoms with E-state index in [1.807, 2.05) is 31.2 Å². The van der Waals surface area contributed by atoms with Crippen LogP contribution in [0.15, 0.2) is 71.9 Å². The number of hydrogen-bond acceptors (Lipinski definition) is 2. The largest absolute Gasteiger partial charge is 0.337 e. The predicted octanol–water partition coefficient (Wildman–Crippen LogP) is 4.50. The Balaban J connectivity index is 2.07. The van der Waals surface area contributed by atoms with Crippen LogP contribution in [0.5, 0.6) is 0 Å². The van der Waals surface area contributed by atoms with Crippen molar-refractivity contribution in [2.24, 2.45) is 0 Å². The lowest BCUT2D eigenvalue weighted by molar-refractivity contribution is -0.113. The van der Waals surface area contributed by atoms with Crippen molar-refractivity contribution in [1.82, 2.24) is 0 Å². The molecule has 0 spiro atoms. The highest BCUT2D eigenvalue weighted by molar-refractivity contribution is 5.96. The van der Waals surface area contributed by atoms with Gasteiger partial charge in [0.05, 0.1) is 6.04 Å². The fourth-order valence-electron chi connectivity index (χ4n) is 3.11. The second-order valence-electron chi connectivity index (χ2n) is 5.46. The van der Waals surface area contributed by atoms with Gasteiger partial charge in [0.15, 0.2) is 5.78 Å². The van der Waals surface area contributed by atoms with Crippen molar-refractivity contribution in [3.05, 3.63) is 77.5 Å². The van der Waals surface area contributed by atoms with Crippen LogP contribution in [0, 0.1) is 0 Å². The van der Waals surface area contributed by atoms with Gasteiger partial charge in [-0.25, -0.2) is 0 Å². The van der Waals surface area contributed by atoms with Crippen molar-refractivity contribution in [3.63, 3.8) is 0 Å². The highest BCUT2D eigenvalue weighted by Gasteiger charge is 2.33. The van der Waals surface area contributed by atoms with E-state index in [9.17, 15) is 4.79 Å². The summed E-state index contributed by atoms with van der Waals surface area (Å²) in [7, 11) is 0. The molecular formula is C19H19NO. The summed E-state index contributed by atoms with van der Waals surface area (Å²) in [6, 6.07) is 20.9. The quantitative estimate of drug-likeness (QED) is 0.823. The SMILES string of the molecule is CC(=O)C1=C(C)N(c2ccccc2)C(c2ccccc2)C1. The molecule has 0 N–H and O–H groups in total. The van der Waals surface area contributed by atoms with Gasteiger partial charge in [0.25, 0.3) is 0 Å². The number of carbonyl (C=O) groups is 1. The van der Waals surface area contributed by atoms with E-state index >= 15 is 0 Å². The van der Waals surface area contributed by atoms with Gasteiger partial charge in [-0.3, -0.25) is 4.79 Å². The highest BCUT2D eigenvalue weighted by atomic mass is 16.1. The summed E-state index contributed by atoms with van der Waals surface area (Å²) >= 11 is 0. The Kier molecular flexibility index (Phi) is 3.61. The van der Waals surface area contributed by atoms with Gasteiger partial charge in [-0.1, -0.05) is 48.5 Å². The average molecular weight is 277 g/mol. The molecule has 2 heteroatoms. The summed E-state index contributed by atoms with van der Waals surface area (Å²) in [5.41, 5.74) is 4.40. The predicted molar refractivity (Wildman–Crippen MR) is 86.1 cm³/mol. The van der Waals surface area contributed by atoms with E-state index in [0.29, 0.717) is 0 Å². The van der Waals surface area contributed by atoms with Crippen LogP contribution < -0.4 is 4.90 Å². The molecule has 0 aromatic heterocycles. The number of nitrogens with zero attached hydrogens (tertiary/aromatic N) is 1. The molecule has 1 heterocycles. The molecule has 1 unspecified atom stereocenters. The third-order valence-corrected chi connectivity index (χ3v) is 4.15. The van der Waals surface area contributed by atoms with Gasteiger partial charge in [-0.15, -0.1) is 0 Å². The lowest BCUT2D eigenvalue weighted by Gasteiger charge is -2.29. The molecule has 3 rings (SSSR count). The number of carbonyl (C=O) groups excluding carboxylic acids is 1. The van der Waals surface area contributed by atoms with Crippen LogP contribution in [0.4, 0.5) is 5.69 Å². The van der Waals surface area contributed by atoms with Crippen LogP contribution in [0.2, 0.25) is 0 Å². The van der Waals surface area contributed by atoms with Crippen molar-refractivity contribution in [3.8, 4) is 0 Å². The number of rotatable bonds is 3. The zero-order chi connectivity index (χ0) is 14.8. The van der Waals surface area contributed by atoms with Crippen molar-refractivity contribution < 1.29 is 4.79 Å². The molecule has 1 atom stereocenters. The molecule has 0 saturated carbocycles. The number of anilines is 1. The minimum atomic E-state index is 0.173. The first kappa shape index (κ1) is 13.6. The number of benzene rings is 2. The minimum absolute atomic E-state index is 0.173. The van der Waals surface area contributed by atoms with Crippen molar-refractivity contribution >= 4 is 11.5 Å². The summed E-state index contributed by atoms with van der Waals surface area (Å²) in [6.45, 7) is 3.71. The standard InChI is InChI=1S/C19H19NO/c1-14-18(15(2)21)13-19(16-9-5-3-6-10-16)20(14)17-11-7-4-8-12-17/h3-12,19H,13H2,1-2H3. The number of ketones is 1. The second kappa shape index (κ2) is 5.57. The smallest absolute Gasteiger partial charge is 0.157 e. The van der Waals surface area contributed by atoms with Gasteiger partial charge in [0.2, 0.25) is 0 Å². The minimum Gasteiger partial charge on any atom is -0.337 e. The maximum atomic E-state index is 11.9. The van der Waals surface area contributed by atoms with Gasteiger partial charge in [0.1, 0.15) is 0 Å². The molecule has 21 heavy (non-hydrogen) atoms. The molecule has 1 aliphatic rings. The summed E-state index contributed by atoms with van der Waals surface area (Å²) in [5.74, 6) is 0.173. The van der Waals surface area contributed by atoms with Gasteiger partial charge >= 0.3 is 0 Å². The molecular weight excluding hydrogens is 258 g/mol. The van der Waals surface area contributed by atoms with Crippen molar-refractivity contribution in [1.29, 1.82) is 0 Å². The Morgan fingerprint density at radius 1 is 1.00 bits per heavy atom. The first-order valence-corrected chi connectivity index (χ1v) is 7.28. The maximum Gasteiger partial charge on any atom is 0.157 e. The monoisotopic (exact) mass is 277 g/mol. The van der Waals surface area contributed by atoms with E-state index in [2.05, 4.69) is 41.3 Å². The molecule has 1 aliphatic heterocycles. The maximum absolute atomic E-state index is 11.9. The average Bonchev–Trinajstić information content (AvgIpc) is 2.87. The number of hydrogen-bond donors (Lipinski definition) is 0. The molecule has 0 amide bonds. The molecule has 2 nitrogen and oxygen atoms in total. The highest BCUT2D eigenvalue weighted by Crippen LogP contribution is 2.42. The summed E-state index contributed by atoms with van der Waals surface area (Å²) in [4.78, 5) is 14.2. The van der Waals surface area contributed by atoms with E-state index in [0.717, 1.165) is 23.4 Å². The third-order valence-electron chi connectivity index (χ3n) is 4.15. The Labute approximate surface area is 125 Å². The lowest BCUT2D eigenvalue weighted by Crippen LogP contribution is -2.21. The lowest BCUT2D eigenvalue weighted by atomic mass is 10.00. The first-order chi connectivity index (χ1) is 10.2. The summed E-state index contributed by atoms with van der Waals surface area (Å²) in [5, 5.41) is 0. The molecule has 0 fully saturated rings. The molecule has 2 aromatic carbocycles. The van der Waals surface area contributed by atoms with Gasteiger partial charge in [0, 0.05) is 23.4 Å². The van der Waals surface area contributed by atoms with Gasteiger partial charge < -0.3 is 4.90 Å². The Hall–Kier alpha value is -2.35. The zero-order valence-corrected chi connectivity index (χ0v) is 12.4. The molecule has 0 saturated heterocycles. The van der Waals surface area contributed by atoms with Gasteiger partial charge in [-0.2, -0.15) is 0 Å². The Morgan fingerprint density at radius 2 is 1.57 bits per heavy atom. The number of Topliss-reactive ketones (excluding diaryl/α,β-unsaturated/α-hetero) is 1. The normalized spacial score (nSPS) is 18.2. The fourth-order valence-corrected chi connectivity index (χ4v) is 3.11. The summed E-state index contributed by atoms with van der Waals surface area (Å²) < 4.78 is 0. The molecule has 2 aromatic rings. The fraction of sp³-hybridized carbons (Fsp3) is 0.211. The van der Waals surface area contributed by atoms with Gasteiger partial charge in [-0.05, 0) is 31.5 Å². The first-order valence-electron chi connectivity index (χ1n) is 7.28. The van der Waals surface area contributed by atoms with Crippen LogP contribution in [-0.4, -0.2) is 5.78 Å². The van der Waals surface area contributed by atoms with E-state index in [-0.39, 0.29) is 11.8 Å². The van der Waals surface area contributed by atoms with Crippen molar-refractivity contribution in [2.45, 2.75) is 26.3 Å². The van der Waals surface area contributed by atoms with E-state index in [4.69, 9.17) is 0 Å². The topological polar surface area (TPSA) is 20.3 Å². The molecule has 0 bridgehead atoms. The molecule has 0 aliphatic carbocycles. The second-order valence-corrected chi connectivity index (χ2v) is 5.46. The Morgan fingerprint density at radius 3 is 2.14 bits per heavy atom. The zero-order valence-electron chi connectivity index (χ0n) is 12.4. The van der Waals surface area contributed by atoms with E-state index in [1.54, 1.807) is 6.92 Å². The number of para-hydroxylation sites is 1. The van der Waals surface area contributed by atoms with E-state index in [1.165, 1.54) is 5.56 Å². The molecule has 106 valence electrons. The molecule has 0 radical (unpaired) electrons. The van der Waals surface area contributed by atoms with Crippen molar-refractivity contribution in [2.75, 3.05) is 4.90 Å². The Bertz CT molecular complexity index is 673. The van der Waals surface area contributed by atoms with Crippen LogP contribution >= 0.6 is 0 Å². The summed E-state index contributed by atoms with van der Waals surface area (Å²) in [6.07, 6.45) is 0.778. The van der Waals surface area contributed by atoms with Crippen LogP contribution in [0.3, 0.4) is 0 Å². The van der Waals surface area contributed by atoms with Crippen LogP contribution in [0.25, 0.3) is 0 Å². The van der Waals surface area contributed by atoms with E-state index < -0.39 is 0 Å². The third kappa shape index (κ3) is 2.49. The van der Waals surface area contributed by atoms with Crippen LogP contribution in [-0.2, 0) is 4.79 Å².